The zero-order chi connectivity index (χ0) is 14.3. The number of para-hydroxylation sites is 1. The number of carbonyl (C=O) groups excluding carboxylic acids is 1. The molecule has 0 spiro atoms. The van der Waals surface area contributed by atoms with E-state index in [4.69, 9.17) is 0 Å². The minimum Gasteiger partial charge on any atom is -0.379 e. The minimum absolute atomic E-state index is 0.0968. The molecule has 0 aliphatic rings. The first kappa shape index (κ1) is 14.9. The molecule has 0 aliphatic heterocycles. The van der Waals surface area contributed by atoms with Gasteiger partial charge in [0.15, 0.2) is 0 Å². The zero-order valence-corrected chi connectivity index (χ0v) is 11.2. The number of nitrogens with zero attached hydrogens (tertiary/aromatic N) is 1. The summed E-state index contributed by atoms with van der Waals surface area (Å²) in [5, 5.41) is 16.8. The number of rotatable bonds is 7. The molecule has 0 atom stereocenters. The molecule has 0 fully saturated rings. The second-order valence-corrected chi connectivity index (χ2v) is 4.14. The van der Waals surface area contributed by atoms with Crippen molar-refractivity contribution in [2.75, 3.05) is 18.4 Å². The van der Waals surface area contributed by atoms with Crippen LogP contribution in [0.2, 0.25) is 0 Å². The molecular formula is C13H19N3O3. The first-order valence-corrected chi connectivity index (χ1v) is 6.41. The average Bonchev–Trinajstić information content (AvgIpc) is 2.41. The SMILES string of the molecule is CCCNC(=O)c1cccc(NCCC)c1[N+](=O)[O-]. The Labute approximate surface area is 112 Å². The van der Waals surface area contributed by atoms with E-state index in [9.17, 15) is 14.9 Å². The highest BCUT2D eigenvalue weighted by molar-refractivity contribution is 6.00. The Morgan fingerprint density at radius 2 is 1.95 bits per heavy atom. The third-order valence-corrected chi connectivity index (χ3v) is 2.56. The maximum absolute atomic E-state index is 11.9. The number of benzene rings is 1. The largest absolute Gasteiger partial charge is 0.379 e. The molecule has 0 saturated carbocycles. The van der Waals surface area contributed by atoms with Gasteiger partial charge in [0.05, 0.1) is 4.92 Å². The van der Waals surface area contributed by atoms with E-state index in [1.54, 1.807) is 12.1 Å². The topological polar surface area (TPSA) is 84.3 Å². The number of nitrogens with one attached hydrogen (secondary N) is 2. The number of anilines is 1. The quantitative estimate of drug-likeness (QED) is 0.586. The van der Waals surface area contributed by atoms with Crippen molar-refractivity contribution in [1.82, 2.24) is 5.32 Å². The first-order chi connectivity index (χ1) is 9.11. The molecule has 1 aromatic carbocycles. The third-order valence-electron chi connectivity index (χ3n) is 2.56. The molecule has 1 rings (SSSR count). The van der Waals surface area contributed by atoms with Crippen LogP contribution in [-0.4, -0.2) is 23.9 Å². The summed E-state index contributed by atoms with van der Waals surface area (Å²) in [5.41, 5.74) is 0.320. The highest BCUT2D eigenvalue weighted by Crippen LogP contribution is 2.28. The molecule has 1 aromatic rings. The number of amides is 1. The lowest BCUT2D eigenvalue weighted by Crippen LogP contribution is -2.25. The monoisotopic (exact) mass is 265 g/mol. The second kappa shape index (κ2) is 7.35. The van der Waals surface area contributed by atoms with E-state index in [-0.39, 0.29) is 11.3 Å². The molecule has 0 aromatic heterocycles. The zero-order valence-electron chi connectivity index (χ0n) is 11.2. The van der Waals surface area contributed by atoms with Crippen molar-refractivity contribution in [3.05, 3.63) is 33.9 Å². The van der Waals surface area contributed by atoms with Gasteiger partial charge in [-0.05, 0) is 25.0 Å². The fourth-order valence-corrected chi connectivity index (χ4v) is 1.66. The maximum atomic E-state index is 11.9. The molecule has 6 heteroatoms. The number of hydrogen-bond donors (Lipinski definition) is 2. The van der Waals surface area contributed by atoms with Gasteiger partial charge in [-0.2, -0.15) is 0 Å². The van der Waals surface area contributed by atoms with Gasteiger partial charge in [0.2, 0.25) is 0 Å². The van der Waals surface area contributed by atoms with Gasteiger partial charge in [-0.25, -0.2) is 0 Å². The fraction of sp³-hybridized carbons (Fsp3) is 0.462. The standard InChI is InChI=1S/C13H19N3O3/c1-3-8-14-11-7-5-6-10(12(11)16(18)19)13(17)15-9-4-2/h5-7,14H,3-4,8-9H2,1-2H3,(H,15,17). The molecule has 104 valence electrons. The van der Waals surface area contributed by atoms with Crippen molar-refractivity contribution in [3.63, 3.8) is 0 Å². The van der Waals surface area contributed by atoms with Crippen molar-refractivity contribution < 1.29 is 9.72 Å². The molecule has 0 bridgehead atoms. The van der Waals surface area contributed by atoms with Crippen LogP contribution in [0.3, 0.4) is 0 Å². The van der Waals surface area contributed by atoms with Gasteiger partial charge < -0.3 is 10.6 Å². The van der Waals surface area contributed by atoms with E-state index in [0.717, 1.165) is 12.8 Å². The van der Waals surface area contributed by atoms with E-state index >= 15 is 0 Å². The van der Waals surface area contributed by atoms with Crippen molar-refractivity contribution >= 4 is 17.3 Å². The number of carbonyl (C=O) groups is 1. The molecule has 2 N–H and O–H groups in total. The highest BCUT2D eigenvalue weighted by atomic mass is 16.6. The highest BCUT2D eigenvalue weighted by Gasteiger charge is 2.23. The van der Waals surface area contributed by atoms with Crippen LogP contribution in [0.5, 0.6) is 0 Å². The molecule has 0 saturated heterocycles. The van der Waals surface area contributed by atoms with Gasteiger partial charge in [-0.15, -0.1) is 0 Å². The Bertz CT molecular complexity index is 460. The predicted molar refractivity (Wildman–Crippen MR) is 74.5 cm³/mol. The van der Waals surface area contributed by atoms with Crippen LogP contribution in [0, 0.1) is 10.1 Å². The Hall–Kier alpha value is -2.11. The Kier molecular flexibility index (Phi) is 5.78. The van der Waals surface area contributed by atoms with Crippen molar-refractivity contribution in [2.24, 2.45) is 0 Å². The minimum atomic E-state index is -0.515. The third kappa shape index (κ3) is 3.94. The van der Waals surface area contributed by atoms with Crippen LogP contribution >= 0.6 is 0 Å². The van der Waals surface area contributed by atoms with Gasteiger partial charge in [0, 0.05) is 13.1 Å². The number of nitro groups is 1. The van der Waals surface area contributed by atoms with Crippen LogP contribution in [0.15, 0.2) is 18.2 Å². The Morgan fingerprint density at radius 3 is 2.53 bits per heavy atom. The van der Waals surface area contributed by atoms with E-state index in [0.29, 0.717) is 18.8 Å². The smallest absolute Gasteiger partial charge is 0.305 e. The summed E-state index contributed by atoms with van der Waals surface area (Å²) < 4.78 is 0. The summed E-state index contributed by atoms with van der Waals surface area (Å²) in [7, 11) is 0. The molecule has 1 amide bonds. The molecule has 0 radical (unpaired) electrons. The van der Waals surface area contributed by atoms with Crippen LogP contribution in [0.1, 0.15) is 37.0 Å². The molecule has 0 aliphatic carbocycles. The van der Waals surface area contributed by atoms with Gasteiger partial charge in [-0.1, -0.05) is 19.9 Å². The van der Waals surface area contributed by atoms with E-state index in [2.05, 4.69) is 10.6 Å². The summed E-state index contributed by atoms with van der Waals surface area (Å²) in [6, 6.07) is 4.73. The van der Waals surface area contributed by atoms with Gasteiger partial charge in [-0.3, -0.25) is 14.9 Å². The Morgan fingerprint density at radius 1 is 1.26 bits per heavy atom. The predicted octanol–water partition coefficient (Wildman–Crippen LogP) is 2.56. The summed E-state index contributed by atoms with van der Waals surface area (Å²) in [6.45, 7) is 5.02. The molecule has 6 nitrogen and oxygen atoms in total. The summed E-state index contributed by atoms with van der Waals surface area (Å²) in [5.74, 6) is -0.409. The average molecular weight is 265 g/mol. The fourth-order valence-electron chi connectivity index (χ4n) is 1.66. The molecule has 0 unspecified atom stereocenters. The molecular weight excluding hydrogens is 246 g/mol. The summed E-state index contributed by atoms with van der Waals surface area (Å²) >= 11 is 0. The van der Waals surface area contributed by atoms with Gasteiger partial charge in [0.25, 0.3) is 5.91 Å². The van der Waals surface area contributed by atoms with E-state index in [1.165, 1.54) is 6.07 Å². The van der Waals surface area contributed by atoms with E-state index in [1.807, 2.05) is 13.8 Å². The number of hydrogen-bond acceptors (Lipinski definition) is 4. The van der Waals surface area contributed by atoms with Crippen LogP contribution in [0.4, 0.5) is 11.4 Å². The summed E-state index contributed by atoms with van der Waals surface area (Å²) in [6.07, 6.45) is 1.64. The van der Waals surface area contributed by atoms with Crippen LogP contribution in [-0.2, 0) is 0 Å². The number of nitro benzene ring substituents is 1. The summed E-state index contributed by atoms with van der Waals surface area (Å²) in [4.78, 5) is 22.6. The lowest BCUT2D eigenvalue weighted by atomic mass is 10.1. The lowest BCUT2D eigenvalue weighted by Gasteiger charge is -2.09. The molecule has 0 heterocycles. The van der Waals surface area contributed by atoms with E-state index < -0.39 is 10.8 Å². The van der Waals surface area contributed by atoms with Gasteiger partial charge in [0.1, 0.15) is 11.3 Å². The first-order valence-electron chi connectivity index (χ1n) is 6.41. The van der Waals surface area contributed by atoms with Crippen molar-refractivity contribution in [2.45, 2.75) is 26.7 Å². The molecule has 19 heavy (non-hydrogen) atoms. The van der Waals surface area contributed by atoms with Crippen LogP contribution in [0.25, 0.3) is 0 Å². The van der Waals surface area contributed by atoms with Crippen molar-refractivity contribution in [3.8, 4) is 0 Å². The lowest BCUT2D eigenvalue weighted by molar-refractivity contribution is -0.384. The van der Waals surface area contributed by atoms with Crippen LogP contribution < -0.4 is 10.6 Å². The maximum Gasteiger partial charge on any atom is 0.305 e. The van der Waals surface area contributed by atoms with Crippen molar-refractivity contribution in [1.29, 1.82) is 0 Å². The second-order valence-electron chi connectivity index (χ2n) is 4.14. The normalized spacial score (nSPS) is 10.0. The Balaban J connectivity index is 3.09. The van der Waals surface area contributed by atoms with Gasteiger partial charge >= 0.3 is 5.69 Å².